The average Bonchev–Trinajstić information content (AvgIpc) is 2.67. The summed E-state index contributed by atoms with van der Waals surface area (Å²) in [6, 6.07) is 11.2. The summed E-state index contributed by atoms with van der Waals surface area (Å²) in [7, 11) is 1.18. The van der Waals surface area contributed by atoms with Crippen molar-refractivity contribution < 1.29 is 24.2 Å². The number of ether oxygens (including phenoxy) is 1. The minimum Gasteiger partial charge on any atom is -0.465 e. The molecule has 0 saturated carbocycles. The van der Waals surface area contributed by atoms with Crippen molar-refractivity contribution in [1.29, 1.82) is 0 Å². The van der Waals surface area contributed by atoms with Gasteiger partial charge in [-0.2, -0.15) is 0 Å². The Hall–Kier alpha value is -3.86. The molecule has 136 valence electrons. The third kappa shape index (κ3) is 5.07. The number of nitro groups is 2. The molecule has 0 aromatic heterocycles. The van der Waals surface area contributed by atoms with Gasteiger partial charge in [0.05, 0.1) is 17.0 Å². The van der Waals surface area contributed by atoms with Gasteiger partial charge in [0.2, 0.25) is 0 Å². The van der Waals surface area contributed by atoms with E-state index in [0.29, 0.717) is 0 Å². The van der Waals surface area contributed by atoms with Crippen LogP contribution >= 0.6 is 0 Å². The zero-order valence-corrected chi connectivity index (χ0v) is 13.4. The zero-order chi connectivity index (χ0) is 19.7. The maximum Gasteiger partial charge on any atom is 0.344 e. The Bertz CT molecular complexity index is 769. The molecular formula is C15H14N4O7. The number of rotatable bonds is 4. The minimum absolute atomic E-state index is 0.0324. The van der Waals surface area contributed by atoms with Gasteiger partial charge in [0, 0.05) is 12.1 Å². The van der Waals surface area contributed by atoms with E-state index in [1.165, 1.54) is 49.6 Å². The molecule has 0 aliphatic heterocycles. The molecule has 0 heterocycles. The quantitative estimate of drug-likeness (QED) is 0.271. The summed E-state index contributed by atoms with van der Waals surface area (Å²) in [5.41, 5.74) is 1.25. The van der Waals surface area contributed by atoms with Crippen LogP contribution in [0.4, 0.5) is 11.4 Å². The molecule has 2 rings (SSSR count). The Balaban J connectivity index is 0.000000260. The number of carbonyl (C=O) groups is 2. The minimum atomic E-state index is -0.702. The van der Waals surface area contributed by atoms with E-state index >= 15 is 0 Å². The number of nitrogens with zero attached hydrogens (tertiary/aromatic N) is 2. The summed E-state index contributed by atoms with van der Waals surface area (Å²) in [6.07, 6.45) is 0. The monoisotopic (exact) mass is 362 g/mol. The van der Waals surface area contributed by atoms with Gasteiger partial charge < -0.3 is 4.74 Å². The lowest BCUT2D eigenvalue weighted by Crippen LogP contribution is -2.30. The van der Waals surface area contributed by atoms with Crippen LogP contribution in [0.25, 0.3) is 0 Å². The fourth-order valence-corrected chi connectivity index (χ4v) is 1.82. The fourth-order valence-electron chi connectivity index (χ4n) is 1.82. The van der Waals surface area contributed by atoms with Gasteiger partial charge in [-0.3, -0.25) is 30.4 Å². The van der Waals surface area contributed by atoms with E-state index in [0.717, 1.165) is 0 Å². The summed E-state index contributed by atoms with van der Waals surface area (Å²) < 4.78 is 4.38. The van der Waals surface area contributed by atoms with Crippen molar-refractivity contribution in [1.82, 2.24) is 5.43 Å². The number of nitrogens with two attached hydrogens (primary N) is 1. The van der Waals surface area contributed by atoms with Crippen molar-refractivity contribution in [2.24, 2.45) is 5.84 Å². The highest BCUT2D eigenvalue weighted by atomic mass is 16.6. The fraction of sp³-hybridized carbons (Fsp3) is 0.0667. The van der Waals surface area contributed by atoms with Gasteiger partial charge in [0.25, 0.3) is 17.3 Å². The molecule has 0 radical (unpaired) electrons. The Morgan fingerprint density at radius 2 is 1.35 bits per heavy atom. The van der Waals surface area contributed by atoms with Crippen LogP contribution in [0.5, 0.6) is 0 Å². The Labute approximate surface area is 146 Å². The number of esters is 1. The number of nitrogen functional groups attached to an aromatic ring is 1. The first-order valence-electron chi connectivity index (χ1n) is 6.89. The van der Waals surface area contributed by atoms with E-state index < -0.39 is 21.7 Å². The van der Waals surface area contributed by atoms with Gasteiger partial charge in [-0.1, -0.05) is 24.3 Å². The number of hydrazine groups is 1. The van der Waals surface area contributed by atoms with Crippen molar-refractivity contribution in [3.05, 3.63) is 79.9 Å². The van der Waals surface area contributed by atoms with Crippen LogP contribution in [0.2, 0.25) is 0 Å². The molecule has 3 N–H and O–H groups in total. The summed E-state index contributed by atoms with van der Waals surface area (Å²) in [6.45, 7) is 0. The molecule has 0 atom stereocenters. The van der Waals surface area contributed by atoms with Crippen LogP contribution in [0.15, 0.2) is 48.5 Å². The first-order valence-corrected chi connectivity index (χ1v) is 6.89. The van der Waals surface area contributed by atoms with E-state index in [4.69, 9.17) is 5.84 Å². The molecule has 0 saturated heterocycles. The van der Waals surface area contributed by atoms with Crippen molar-refractivity contribution in [3.63, 3.8) is 0 Å². The van der Waals surface area contributed by atoms with Crippen LogP contribution in [-0.2, 0) is 4.74 Å². The van der Waals surface area contributed by atoms with E-state index in [9.17, 15) is 29.8 Å². The summed E-state index contributed by atoms with van der Waals surface area (Å²) in [4.78, 5) is 41.6. The van der Waals surface area contributed by atoms with Gasteiger partial charge in [-0.25, -0.2) is 10.6 Å². The normalized spacial score (nSPS) is 9.31. The molecule has 2 aromatic carbocycles. The van der Waals surface area contributed by atoms with Crippen LogP contribution in [-0.4, -0.2) is 28.8 Å². The van der Waals surface area contributed by atoms with Crippen molar-refractivity contribution in [2.45, 2.75) is 0 Å². The van der Waals surface area contributed by atoms with E-state index in [1.54, 1.807) is 6.07 Å². The SMILES string of the molecule is COC(=O)c1ccccc1[N+](=O)[O-].NNC(=O)c1ccccc1[N+](=O)[O-]. The lowest BCUT2D eigenvalue weighted by molar-refractivity contribution is -0.385. The summed E-state index contributed by atoms with van der Waals surface area (Å²) >= 11 is 0. The number of para-hydroxylation sites is 2. The standard InChI is InChI=1S/C8H7NO4.C7H7N3O3/c1-13-8(10)6-4-2-3-5-7(6)9(11)12;8-9-7(11)5-3-1-2-4-6(5)10(12)13/h2-5H,1H3;1-4H,8H2,(H,9,11). The highest BCUT2D eigenvalue weighted by molar-refractivity contribution is 5.97. The van der Waals surface area contributed by atoms with E-state index in [1.807, 2.05) is 5.43 Å². The third-order valence-corrected chi connectivity index (χ3v) is 2.98. The number of hydrogen-bond acceptors (Lipinski definition) is 8. The Morgan fingerprint density at radius 1 is 0.923 bits per heavy atom. The second-order valence-corrected chi connectivity index (χ2v) is 4.51. The molecule has 1 amide bonds. The summed E-state index contributed by atoms with van der Waals surface area (Å²) in [5, 5.41) is 20.9. The molecule has 2 aromatic rings. The number of nitro benzene ring substituents is 2. The first kappa shape index (κ1) is 20.2. The predicted octanol–water partition coefficient (Wildman–Crippen LogP) is 1.58. The predicted molar refractivity (Wildman–Crippen MR) is 89.2 cm³/mol. The molecular weight excluding hydrogens is 348 g/mol. The maximum atomic E-state index is 11.0. The number of hydrogen-bond donors (Lipinski definition) is 2. The molecule has 0 unspecified atom stereocenters. The third-order valence-electron chi connectivity index (χ3n) is 2.98. The van der Waals surface area contributed by atoms with Gasteiger partial charge in [0.1, 0.15) is 11.1 Å². The highest BCUT2D eigenvalue weighted by Gasteiger charge is 2.19. The number of amides is 1. The molecule has 11 nitrogen and oxygen atoms in total. The second-order valence-electron chi connectivity index (χ2n) is 4.51. The number of methoxy groups -OCH3 is 1. The van der Waals surface area contributed by atoms with Gasteiger partial charge >= 0.3 is 5.97 Å². The van der Waals surface area contributed by atoms with Gasteiger partial charge in [-0.05, 0) is 12.1 Å². The second kappa shape index (κ2) is 9.44. The van der Waals surface area contributed by atoms with Crippen LogP contribution in [0.1, 0.15) is 20.7 Å². The number of benzene rings is 2. The Morgan fingerprint density at radius 3 is 1.77 bits per heavy atom. The van der Waals surface area contributed by atoms with Crippen molar-refractivity contribution >= 4 is 23.3 Å². The topological polar surface area (TPSA) is 168 Å². The molecule has 0 fully saturated rings. The lowest BCUT2D eigenvalue weighted by atomic mass is 10.2. The maximum absolute atomic E-state index is 11.0. The van der Waals surface area contributed by atoms with Crippen LogP contribution in [0.3, 0.4) is 0 Å². The molecule has 26 heavy (non-hydrogen) atoms. The molecule has 0 spiro atoms. The average molecular weight is 362 g/mol. The first-order chi connectivity index (χ1) is 12.3. The Kier molecular flexibility index (Phi) is 7.33. The lowest BCUT2D eigenvalue weighted by Gasteiger charge is -1.99. The smallest absolute Gasteiger partial charge is 0.344 e. The molecule has 0 aliphatic carbocycles. The van der Waals surface area contributed by atoms with Crippen LogP contribution < -0.4 is 11.3 Å². The number of nitrogens with one attached hydrogen (secondary N) is 1. The van der Waals surface area contributed by atoms with Gasteiger partial charge in [0.15, 0.2) is 0 Å². The molecule has 0 aliphatic rings. The summed E-state index contributed by atoms with van der Waals surface area (Å²) in [5.74, 6) is 3.48. The van der Waals surface area contributed by atoms with Crippen LogP contribution in [0, 0.1) is 20.2 Å². The number of carbonyl (C=O) groups excluding carboxylic acids is 2. The largest absolute Gasteiger partial charge is 0.465 e. The highest BCUT2D eigenvalue weighted by Crippen LogP contribution is 2.18. The van der Waals surface area contributed by atoms with Crippen molar-refractivity contribution in [2.75, 3.05) is 7.11 Å². The molecule has 0 bridgehead atoms. The van der Waals surface area contributed by atoms with Gasteiger partial charge in [-0.15, -0.1) is 0 Å². The van der Waals surface area contributed by atoms with E-state index in [-0.39, 0.29) is 22.5 Å². The van der Waals surface area contributed by atoms with Crippen molar-refractivity contribution in [3.8, 4) is 0 Å². The zero-order valence-electron chi connectivity index (χ0n) is 13.4. The molecule has 11 heteroatoms. The van der Waals surface area contributed by atoms with E-state index in [2.05, 4.69) is 4.74 Å².